The number of benzene rings is 2. The maximum atomic E-state index is 13.1. The van der Waals surface area contributed by atoms with E-state index in [2.05, 4.69) is 5.32 Å². The zero-order valence-corrected chi connectivity index (χ0v) is 13.1. The summed E-state index contributed by atoms with van der Waals surface area (Å²) in [7, 11) is 1.60. The Morgan fingerprint density at radius 3 is 2.30 bits per heavy atom. The minimum Gasteiger partial charge on any atom is -0.497 e. The third-order valence-electron chi connectivity index (χ3n) is 3.39. The summed E-state index contributed by atoms with van der Waals surface area (Å²) in [4.78, 5) is 11.9. The van der Waals surface area contributed by atoms with Gasteiger partial charge in [0.25, 0.3) is 0 Å². The minimum absolute atomic E-state index is 0.196. The second-order valence-electron chi connectivity index (χ2n) is 5.13. The van der Waals surface area contributed by atoms with Gasteiger partial charge in [-0.3, -0.25) is 4.79 Å². The molecule has 120 valence electrons. The second kappa shape index (κ2) is 7.05. The van der Waals surface area contributed by atoms with Crippen LogP contribution >= 0.6 is 0 Å². The number of anilines is 1. The predicted molar refractivity (Wildman–Crippen MR) is 86.5 cm³/mol. The van der Waals surface area contributed by atoms with Gasteiger partial charge in [-0.1, -0.05) is 0 Å². The van der Waals surface area contributed by atoms with Crippen molar-refractivity contribution < 1.29 is 18.3 Å². The Morgan fingerprint density at radius 2 is 1.74 bits per heavy atom. The summed E-state index contributed by atoms with van der Waals surface area (Å²) in [5, 5.41) is 2.48. The van der Waals surface area contributed by atoms with Crippen molar-refractivity contribution >= 4 is 17.7 Å². The Kier molecular flexibility index (Phi) is 5.11. The van der Waals surface area contributed by atoms with Crippen molar-refractivity contribution in [3.8, 4) is 5.75 Å². The van der Waals surface area contributed by atoms with E-state index < -0.39 is 17.5 Å². The van der Waals surface area contributed by atoms with Crippen LogP contribution in [-0.2, 0) is 4.79 Å². The second-order valence-corrected chi connectivity index (χ2v) is 5.13. The van der Waals surface area contributed by atoms with Crippen LogP contribution in [0.25, 0.3) is 6.08 Å². The highest BCUT2D eigenvalue weighted by Crippen LogP contribution is 2.22. The standard InChI is InChI=1S/C18H17F2NO2/c1-11-8-14(23-3)9-12(2)15(11)5-7-18(22)21-13-4-6-16(19)17(20)10-13/h4-10H,1-3H3,(H,21,22)/b7-5+. The molecule has 5 heteroatoms. The maximum absolute atomic E-state index is 13.1. The predicted octanol–water partition coefficient (Wildman–Crippen LogP) is 4.24. The lowest BCUT2D eigenvalue weighted by molar-refractivity contribution is -0.111. The first-order valence-corrected chi connectivity index (χ1v) is 7.00. The van der Waals surface area contributed by atoms with Gasteiger partial charge in [0.2, 0.25) is 5.91 Å². The van der Waals surface area contributed by atoms with Crippen molar-refractivity contribution in [2.75, 3.05) is 12.4 Å². The molecule has 0 aliphatic carbocycles. The van der Waals surface area contributed by atoms with Crippen LogP contribution in [0.5, 0.6) is 5.75 Å². The lowest BCUT2D eigenvalue weighted by atomic mass is 10.0. The SMILES string of the molecule is COc1cc(C)c(/C=C/C(=O)Nc2ccc(F)c(F)c2)c(C)c1. The summed E-state index contributed by atoms with van der Waals surface area (Å²) >= 11 is 0. The number of carbonyl (C=O) groups excluding carboxylic acids is 1. The summed E-state index contributed by atoms with van der Waals surface area (Å²) in [6, 6.07) is 6.95. The van der Waals surface area contributed by atoms with E-state index in [1.54, 1.807) is 13.2 Å². The largest absolute Gasteiger partial charge is 0.497 e. The molecule has 0 heterocycles. The van der Waals surface area contributed by atoms with Crippen LogP contribution in [0.4, 0.5) is 14.5 Å². The van der Waals surface area contributed by atoms with Gasteiger partial charge >= 0.3 is 0 Å². The molecular formula is C18H17F2NO2. The van der Waals surface area contributed by atoms with Gasteiger partial charge in [-0.2, -0.15) is 0 Å². The van der Waals surface area contributed by atoms with Crippen LogP contribution in [-0.4, -0.2) is 13.0 Å². The van der Waals surface area contributed by atoms with E-state index in [4.69, 9.17) is 4.74 Å². The van der Waals surface area contributed by atoms with E-state index in [0.29, 0.717) is 0 Å². The van der Waals surface area contributed by atoms with Crippen LogP contribution in [0.1, 0.15) is 16.7 Å². The fraction of sp³-hybridized carbons (Fsp3) is 0.167. The van der Waals surface area contributed by atoms with Crippen molar-refractivity contribution in [2.24, 2.45) is 0 Å². The molecule has 23 heavy (non-hydrogen) atoms. The van der Waals surface area contributed by atoms with Gasteiger partial charge < -0.3 is 10.1 Å². The Bertz CT molecular complexity index is 747. The molecule has 2 aromatic carbocycles. The number of methoxy groups -OCH3 is 1. The lowest BCUT2D eigenvalue weighted by Gasteiger charge is -2.09. The normalized spacial score (nSPS) is 10.8. The molecule has 2 aromatic rings. The van der Waals surface area contributed by atoms with Crippen LogP contribution in [0, 0.1) is 25.5 Å². The number of aryl methyl sites for hydroxylation is 2. The van der Waals surface area contributed by atoms with E-state index in [-0.39, 0.29) is 5.69 Å². The molecule has 0 fully saturated rings. The highest BCUT2D eigenvalue weighted by Gasteiger charge is 2.06. The molecular weight excluding hydrogens is 300 g/mol. The number of rotatable bonds is 4. The maximum Gasteiger partial charge on any atom is 0.248 e. The zero-order valence-electron chi connectivity index (χ0n) is 13.1. The van der Waals surface area contributed by atoms with Crippen molar-refractivity contribution in [3.05, 3.63) is 64.7 Å². The molecule has 0 spiro atoms. The Labute approximate surface area is 133 Å². The molecule has 3 nitrogen and oxygen atoms in total. The van der Waals surface area contributed by atoms with E-state index in [0.717, 1.165) is 34.6 Å². The molecule has 0 bridgehead atoms. The number of amides is 1. The topological polar surface area (TPSA) is 38.3 Å². The Hall–Kier alpha value is -2.69. The minimum atomic E-state index is -1.01. The quantitative estimate of drug-likeness (QED) is 0.857. The Balaban J connectivity index is 2.13. The number of carbonyl (C=O) groups is 1. The average molecular weight is 317 g/mol. The van der Waals surface area contributed by atoms with Gasteiger partial charge in [-0.05, 0) is 60.9 Å². The van der Waals surface area contributed by atoms with Gasteiger partial charge in [0, 0.05) is 17.8 Å². The van der Waals surface area contributed by atoms with Gasteiger partial charge in [0.05, 0.1) is 7.11 Å². The number of hydrogen-bond acceptors (Lipinski definition) is 2. The molecule has 0 saturated heterocycles. The monoisotopic (exact) mass is 317 g/mol. The molecule has 0 saturated carbocycles. The lowest BCUT2D eigenvalue weighted by Crippen LogP contribution is -2.08. The van der Waals surface area contributed by atoms with Crippen molar-refractivity contribution in [1.29, 1.82) is 0 Å². The zero-order chi connectivity index (χ0) is 17.0. The summed E-state index contributed by atoms with van der Waals surface area (Å²) < 4.78 is 31.1. The van der Waals surface area contributed by atoms with Crippen LogP contribution < -0.4 is 10.1 Å². The van der Waals surface area contributed by atoms with Gasteiger partial charge in [-0.25, -0.2) is 8.78 Å². The average Bonchev–Trinajstić information content (AvgIpc) is 2.50. The number of nitrogens with one attached hydrogen (secondary N) is 1. The molecule has 2 rings (SSSR count). The van der Waals surface area contributed by atoms with Gasteiger partial charge in [-0.15, -0.1) is 0 Å². The van der Waals surface area contributed by atoms with E-state index in [1.165, 1.54) is 12.1 Å². The molecule has 0 aromatic heterocycles. The number of hydrogen-bond donors (Lipinski definition) is 1. The Morgan fingerprint density at radius 1 is 1.09 bits per heavy atom. The van der Waals surface area contributed by atoms with Crippen LogP contribution in [0.3, 0.4) is 0 Å². The van der Waals surface area contributed by atoms with Crippen molar-refractivity contribution in [2.45, 2.75) is 13.8 Å². The van der Waals surface area contributed by atoms with Crippen LogP contribution in [0.15, 0.2) is 36.4 Å². The molecule has 1 N–H and O–H groups in total. The first kappa shape index (κ1) is 16.7. The molecule has 0 unspecified atom stereocenters. The first-order chi connectivity index (χ1) is 10.9. The van der Waals surface area contributed by atoms with E-state index in [1.807, 2.05) is 26.0 Å². The summed E-state index contributed by atoms with van der Waals surface area (Å²) in [5.74, 6) is -1.63. The molecule has 0 aliphatic rings. The van der Waals surface area contributed by atoms with E-state index in [9.17, 15) is 13.6 Å². The molecule has 0 radical (unpaired) electrons. The number of ether oxygens (including phenoxy) is 1. The van der Waals surface area contributed by atoms with Crippen LogP contribution in [0.2, 0.25) is 0 Å². The van der Waals surface area contributed by atoms with E-state index >= 15 is 0 Å². The summed E-state index contributed by atoms with van der Waals surface area (Å²) in [6.07, 6.45) is 3.03. The van der Waals surface area contributed by atoms with Crippen molar-refractivity contribution in [1.82, 2.24) is 0 Å². The molecule has 1 amide bonds. The number of halogens is 2. The highest BCUT2D eigenvalue weighted by atomic mass is 19.2. The first-order valence-electron chi connectivity index (χ1n) is 7.00. The third-order valence-corrected chi connectivity index (χ3v) is 3.39. The summed E-state index contributed by atoms with van der Waals surface area (Å²) in [6.45, 7) is 3.84. The summed E-state index contributed by atoms with van der Waals surface area (Å²) in [5.41, 5.74) is 3.05. The van der Waals surface area contributed by atoms with Gasteiger partial charge in [0.1, 0.15) is 5.75 Å². The van der Waals surface area contributed by atoms with Crippen molar-refractivity contribution in [3.63, 3.8) is 0 Å². The smallest absolute Gasteiger partial charge is 0.248 e. The third kappa shape index (κ3) is 4.16. The fourth-order valence-electron chi connectivity index (χ4n) is 2.23. The van der Waals surface area contributed by atoms with Gasteiger partial charge in [0.15, 0.2) is 11.6 Å². The molecule has 0 aliphatic heterocycles. The highest BCUT2D eigenvalue weighted by molar-refractivity contribution is 6.02. The fourth-order valence-corrected chi connectivity index (χ4v) is 2.23. The molecule has 0 atom stereocenters.